The van der Waals surface area contributed by atoms with Crippen LogP contribution in [-0.4, -0.2) is 38.7 Å². The highest BCUT2D eigenvalue weighted by molar-refractivity contribution is 5.75. The smallest absolute Gasteiger partial charge is 0.265 e. The van der Waals surface area contributed by atoms with Gasteiger partial charge in [0, 0.05) is 49.5 Å². The molecule has 0 aromatic carbocycles. The van der Waals surface area contributed by atoms with Crippen LogP contribution >= 0.6 is 0 Å². The largest absolute Gasteiger partial charge is 0.338 e. The van der Waals surface area contributed by atoms with Crippen molar-refractivity contribution in [1.82, 2.24) is 19.7 Å². The van der Waals surface area contributed by atoms with Gasteiger partial charge in [-0.15, -0.1) is 5.10 Å². The van der Waals surface area contributed by atoms with Gasteiger partial charge in [0.15, 0.2) is 5.82 Å². The number of anilines is 2. The van der Waals surface area contributed by atoms with E-state index in [0.29, 0.717) is 37.6 Å². The summed E-state index contributed by atoms with van der Waals surface area (Å²) in [7, 11) is 0. The lowest BCUT2D eigenvalue weighted by atomic mass is 10.0. The normalized spacial score (nSPS) is 16.2. The van der Waals surface area contributed by atoms with E-state index in [1.165, 1.54) is 12.3 Å². The summed E-state index contributed by atoms with van der Waals surface area (Å²) < 4.78 is 28.3. The third-order valence-corrected chi connectivity index (χ3v) is 5.41. The van der Waals surface area contributed by atoms with E-state index in [1.807, 2.05) is 16.5 Å². The van der Waals surface area contributed by atoms with E-state index in [9.17, 15) is 13.6 Å². The van der Waals surface area contributed by atoms with Crippen LogP contribution in [0.25, 0.3) is 5.70 Å². The highest BCUT2D eigenvalue weighted by atomic mass is 19.3. The molecule has 8 heteroatoms. The lowest BCUT2D eigenvalue weighted by Gasteiger charge is -2.32. The predicted octanol–water partition coefficient (Wildman–Crippen LogP) is 3.70. The van der Waals surface area contributed by atoms with Crippen molar-refractivity contribution in [2.45, 2.75) is 46.1 Å². The maximum Gasteiger partial charge on any atom is 0.265 e. The number of amides is 1. The van der Waals surface area contributed by atoms with Crippen molar-refractivity contribution in [1.29, 1.82) is 0 Å². The van der Waals surface area contributed by atoms with E-state index < -0.39 is 6.43 Å². The molecule has 28 heavy (non-hydrogen) atoms. The standard InChI is InChI=1S/C20H23F2N5O/c1-12(2)27-17-6-8-25(13(3)28)11-15(17)20(24-27)26-7-4-5-16-18(26)9-14(10-23-16)19(21)22/h9-10,19H,1,4-8,11H2,2-3H3. The molecule has 4 rings (SSSR count). The molecule has 0 N–H and O–H groups in total. The summed E-state index contributed by atoms with van der Waals surface area (Å²) in [4.78, 5) is 20.0. The summed E-state index contributed by atoms with van der Waals surface area (Å²) in [6, 6.07) is 1.52. The van der Waals surface area contributed by atoms with Crippen molar-refractivity contribution in [2.75, 3.05) is 18.0 Å². The number of alkyl halides is 2. The summed E-state index contributed by atoms with van der Waals surface area (Å²) in [6.07, 6.45) is 0.978. The Labute approximate surface area is 162 Å². The quantitative estimate of drug-likeness (QED) is 0.806. The first kappa shape index (κ1) is 18.6. The van der Waals surface area contributed by atoms with E-state index >= 15 is 0 Å². The van der Waals surface area contributed by atoms with Gasteiger partial charge in [0.25, 0.3) is 6.43 Å². The van der Waals surface area contributed by atoms with E-state index in [0.717, 1.165) is 35.5 Å². The first-order valence-electron chi connectivity index (χ1n) is 9.43. The molecule has 0 bridgehead atoms. The number of halogens is 2. The SMILES string of the molecule is C=C(C)n1nc(N2CCCc3ncc(C(F)F)cc32)c2c1CCN(C(C)=O)C2. The molecule has 0 fully saturated rings. The monoisotopic (exact) mass is 387 g/mol. The Hall–Kier alpha value is -2.77. The van der Waals surface area contributed by atoms with Crippen LogP contribution in [-0.2, 0) is 24.2 Å². The Bertz CT molecular complexity index is 952. The van der Waals surface area contributed by atoms with E-state index in [-0.39, 0.29) is 11.5 Å². The second-order valence-corrected chi connectivity index (χ2v) is 7.38. The molecule has 148 valence electrons. The lowest BCUT2D eigenvalue weighted by molar-refractivity contribution is -0.129. The number of aromatic nitrogens is 3. The predicted molar refractivity (Wildman–Crippen MR) is 103 cm³/mol. The van der Waals surface area contributed by atoms with Crippen LogP contribution in [0.5, 0.6) is 0 Å². The number of carbonyl (C=O) groups excluding carboxylic acids is 1. The number of hydrogen-bond acceptors (Lipinski definition) is 4. The minimum absolute atomic E-state index is 0.0142. The van der Waals surface area contributed by atoms with Gasteiger partial charge < -0.3 is 9.80 Å². The average molecular weight is 387 g/mol. The molecule has 2 aromatic rings. The fraction of sp³-hybridized carbons (Fsp3) is 0.450. The molecular formula is C20H23F2N5O. The van der Waals surface area contributed by atoms with Gasteiger partial charge in [-0.2, -0.15) is 0 Å². The van der Waals surface area contributed by atoms with Crippen molar-refractivity contribution in [2.24, 2.45) is 0 Å². The third kappa shape index (κ3) is 3.06. The summed E-state index contributed by atoms with van der Waals surface area (Å²) >= 11 is 0. The third-order valence-electron chi connectivity index (χ3n) is 5.41. The Morgan fingerprint density at radius 1 is 1.25 bits per heavy atom. The molecule has 0 spiro atoms. The number of allylic oxidation sites excluding steroid dienone is 1. The molecule has 0 saturated heterocycles. The highest BCUT2D eigenvalue weighted by Crippen LogP contribution is 2.38. The Kier molecular flexibility index (Phi) is 4.64. The van der Waals surface area contributed by atoms with Gasteiger partial charge in [-0.1, -0.05) is 6.58 Å². The van der Waals surface area contributed by atoms with Crippen LogP contribution in [0.3, 0.4) is 0 Å². The Morgan fingerprint density at radius 3 is 2.71 bits per heavy atom. The second kappa shape index (κ2) is 7.00. The van der Waals surface area contributed by atoms with Gasteiger partial charge in [0.1, 0.15) is 0 Å². The zero-order chi connectivity index (χ0) is 20.0. The van der Waals surface area contributed by atoms with Gasteiger partial charge in [0.05, 0.1) is 23.6 Å². The first-order chi connectivity index (χ1) is 13.4. The van der Waals surface area contributed by atoms with Crippen molar-refractivity contribution in [3.8, 4) is 0 Å². The van der Waals surface area contributed by atoms with Gasteiger partial charge in [-0.3, -0.25) is 9.78 Å². The molecule has 0 radical (unpaired) electrons. The van der Waals surface area contributed by atoms with Crippen LogP contribution in [0.1, 0.15) is 49.2 Å². The number of pyridine rings is 1. The number of rotatable bonds is 3. The molecule has 0 unspecified atom stereocenters. The second-order valence-electron chi connectivity index (χ2n) is 7.38. The zero-order valence-corrected chi connectivity index (χ0v) is 16.1. The maximum absolute atomic E-state index is 13.3. The van der Waals surface area contributed by atoms with Crippen LogP contribution in [0.2, 0.25) is 0 Å². The summed E-state index contributed by atoms with van der Waals surface area (Å²) in [5.41, 5.74) is 4.16. The molecule has 0 atom stereocenters. The highest BCUT2D eigenvalue weighted by Gasteiger charge is 2.31. The summed E-state index contributed by atoms with van der Waals surface area (Å²) in [6.45, 7) is 9.22. The lowest BCUT2D eigenvalue weighted by Crippen LogP contribution is -2.35. The molecule has 0 saturated carbocycles. The minimum Gasteiger partial charge on any atom is -0.338 e. The number of hydrogen-bond donors (Lipinski definition) is 0. The van der Waals surface area contributed by atoms with Gasteiger partial charge in [0.2, 0.25) is 5.91 Å². The molecule has 2 aromatic heterocycles. The number of aryl methyl sites for hydroxylation is 1. The number of fused-ring (bicyclic) bond motifs is 2. The van der Waals surface area contributed by atoms with Crippen molar-refractivity contribution < 1.29 is 13.6 Å². The molecular weight excluding hydrogens is 364 g/mol. The minimum atomic E-state index is -2.57. The summed E-state index contributed by atoms with van der Waals surface area (Å²) in [5, 5.41) is 4.77. The van der Waals surface area contributed by atoms with E-state index in [1.54, 1.807) is 11.8 Å². The van der Waals surface area contributed by atoms with Gasteiger partial charge >= 0.3 is 0 Å². The Balaban J connectivity index is 1.84. The average Bonchev–Trinajstić information content (AvgIpc) is 3.06. The zero-order valence-electron chi connectivity index (χ0n) is 16.1. The molecule has 2 aliphatic rings. The van der Waals surface area contributed by atoms with E-state index in [2.05, 4.69) is 11.6 Å². The van der Waals surface area contributed by atoms with Gasteiger partial charge in [-0.25, -0.2) is 13.5 Å². The summed E-state index contributed by atoms with van der Waals surface area (Å²) in [5.74, 6) is 0.721. The van der Waals surface area contributed by atoms with Crippen molar-refractivity contribution in [3.63, 3.8) is 0 Å². The first-order valence-corrected chi connectivity index (χ1v) is 9.43. The molecule has 4 heterocycles. The number of nitrogens with zero attached hydrogens (tertiary/aromatic N) is 5. The maximum atomic E-state index is 13.3. The fourth-order valence-electron chi connectivity index (χ4n) is 3.99. The number of carbonyl (C=O) groups is 1. The van der Waals surface area contributed by atoms with Crippen LogP contribution in [0, 0.1) is 0 Å². The van der Waals surface area contributed by atoms with Gasteiger partial charge in [-0.05, 0) is 25.8 Å². The fourth-order valence-corrected chi connectivity index (χ4v) is 3.99. The van der Waals surface area contributed by atoms with Crippen molar-refractivity contribution >= 4 is 23.1 Å². The van der Waals surface area contributed by atoms with Crippen molar-refractivity contribution in [3.05, 3.63) is 41.4 Å². The molecule has 1 amide bonds. The Morgan fingerprint density at radius 2 is 2.04 bits per heavy atom. The molecule has 2 aliphatic heterocycles. The van der Waals surface area contributed by atoms with Crippen LogP contribution in [0.4, 0.5) is 20.3 Å². The topological polar surface area (TPSA) is 54.3 Å². The van der Waals surface area contributed by atoms with Crippen LogP contribution in [0.15, 0.2) is 18.8 Å². The molecule has 6 nitrogen and oxygen atoms in total. The van der Waals surface area contributed by atoms with E-state index in [4.69, 9.17) is 5.10 Å². The van der Waals surface area contributed by atoms with Crippen LogP contribution < -0.4 is 4.90 Å². The molecule has 0 aliphatic carbocycles.